The van der Waals surface area contributed by atoms with Crippen LogP contribution in [0.25, 0.3) is 0 Å². The Morgan fingerprint density at radius 3 is 2.56 bits per heavy atom. The second kappa shape index (κ2) is 8.00. The van der Waals surface area contributed by atoms with E-state index in [1.54, 1.807) is 13.8 Å². The third-order valence-corrected chi connectivity index (χ3v) is 4.84. The van der Waals surface area contributed by atoms with Crippen LogP contribution in [0.1, 0.15) is 32.3 Å². The number of rotatable bonds is 4. The molecular weight excluding hydrogens is 320 g/mol. The maximum Gasteiger partial charge on any atom is 0.311 e. The average molecular weight is 346 g/mol. The zero-order chi connectivity index (χ0) is 17.8. The molecule has 25 heavy (non-hydrogen) atoms. The lowest BCUT2D eigenvalue weighted by Crippen LogP contribution is -2.41. The van der Waals surface area contributed by atoms with E-state index in [2.05, 4.69) is 0 Å². The van der Waals surface area contributed by atoms with Gasteiger partial charge < -0.3 is 14.2 Å². The highest BCUT2D eigenvalue weighted by molar-refractivity contribution is 5.75. The fourth-order valence-electron chi connectivity index (χ4n) is 3.14. The van der Waals surface area contributed by atoms with E-state index in [4.69, 9.17) is 14.2 Å². The molecule has 2 aliphatic rings. The number of carbonyl (C=O) groups is 2. The van der Waals surface area contributed by atoms with Gasteiger partial charge in [0.1, 0.15) is 12.2 Å². The van der Waals surface area contributed by atoms with Gasteiger partial charge in [0.25, 0.3) is 0 Å². The molecule has 5 nitrogen and oxygen atoms in total. The molecule has 1 heterocycles. The lowest BCUT2D eigenvalue weighted by molar-refractivity contribution is -0.173. The van der Waals surface area contributed by atoms with Gasteiger partial charge in [0.15, 0.2) is 0 Å². The van der Waals surface area contributed by atoms with Gasteiger partial charge in [-0.25, -0.2) is 0 Å². The summed E-state index contributed by atoms with van der Waals surface area (Å²) in [5.41, 5.74) is 1.15. The topological polar surface area (TPSA) is 61.8 Å². The fourth-order valence-corrected chi connectivity index (χ4v) is 3.14. The molecule has 0 amide bonds. The smallest absolute Gasteiger partial charge is 0.311 e. The van der Waals surface area contributed by atoms with Crippen LogP contribution in [0, 0.1) is 17.8 Å². The summed E-state index contributed by atoms with van der Waals surface area (Å²) in [4.78, 5) is 24.4. The van der Waals surface area contributed by atoms with E-state index in [0.29, 0.717) is 19.6 Å². The lowest BCUT2D eigenvalue weighted by atomic mass is 9.91. The number of carbonyl (C=O) groups excluding carboxylic acids is 2. The Balaban J connectivity index is 1.79. The van der Waals surface area contributed by atoms with Gasteiger partial charge in [-0.15, -0.1) is 0 Å². The standard InChI is InChI=1S/C20H26O5/c1-13-11-23-12-17(10-15-6-4-3-5-7-15)18(14(2)24-19(13)21)25-20(22)16-8-9-16/h3-7,13-14,16-18H,8-12H2,1-2H3/t13-,14-,17-,18-/m0/s1. The van der Waals surface area contributed by atoms with Crippen molar-refractivity contribution < 1.29 is 23.8 Å². The monoisotopic (exact) mass is 346 g/mol. The highest BCUT2D eigenvalue weighted by atomic mass is 16.6. The molecular formula is C20H26O5. The Kier molecular flexibility index (Phi) is 5.74. The summed E-state index contributed by atoms with van der Waals surface area (Å²) in [5, 5.41) is 0. The van der Waals surface area contributed by atoms with E-state index >= 15 is 0 Å². The Labute approximate surface area is 148 Å². The summed E-state index contributed by atoms with van der Waals surface area (Å²) >= 11 is 0. The molecule has 0 aromatic heterocycles. The first-order valence-electron chi connectivity index (χ1n) is 9.07. The van der Waals surface area contributed by atoms with Crippen LogP contribution in [0.3, 0.4) is 0 Å². The first-order chi connectivity index (χ1) is 12.0. The minimum Gasteiger partial charge on any atom is -0.458 e. The SMILES string of the molecule is C[C@@H]1OC(=O)[C@@H](C)COC[C@H](Cc2ccccc2)[C@H]1OC(=O)C1CC1. The predicted octanol–water partition coefficient (Wildman–Crippen LogP) is 2.77. The van der Waals surface area contributed by atoms with E-state index in [-0.39, 0.29) is 29.7 Å². The van der Waals surface area contributed by atoms with Gasteiger partial charge >= 0.3 is 11.9 Å². The van der Waals surface area contributed by atoms with Crippen molar-refractivity contribution in [2.75, 3.05) is 13.2 Å². The summed E-state index contributed by atoms with van der Waals surface area (Å²) in [6, 6.07) is 10.0. The first-order valence-corrected chi connectivity index (χ1v) is 9.07. The third-order valence-electron chi connectivity index (χ3n) is 4.84. The normalized spacial score (nSPS) is 30.6. The molecule has 0 unspecified atom stereocenters. The predicted molar refractivity (Wildman–Crippen MR) is 91.8 cm³/mol. The van der Waals surface area contributed by atoms with Crippen LogP contribution in [0.2, 0.25) is 0 Å². The first kappa shape index (κ1) is 17.9. The van der Waals surface area contributed by atoms with Crippen LogP contribution >= 0.6 is 0 Å². The van der Waals surface area contributed by atoms with Gasteiger partial charge in [0, 0.05) is 5.92 Å². The summed E-state index contributed by atoms with van der Waals surface area (Å²) in [5.74, 6) is -0.859. The Bertz CT molecular complexity index is 595. The van der Waals surface area contributed by atoms with Crippen molar-refractivity contribution in [2.45, 2.75) is 45.3 Å². The molecule has 3 rings (SSSR count). The molecule has 2 fully saturated rings. The number of hydrogen-bond donors (Lipinski definition) is 0. The van der Waals surface area contributed by atoms with Crippen molar-refractivity contribution in [3.8, 4) is 0 Å². The molecule has 1 saturated heterocycles. The van der Waals surface area contributed by atoms with E-state index in [0.717, 1.165) is 18.4 Å². The summed E-state index contributed by atoms with van der Waals surface area (Å²) < 4.78 is 17.1. The van der Waals surface area contributed by atoms with Gasteiger partial charge in [-0.1, -0.05) is 30.3 Å². The number of benzene rings is 1. The van der Waals surface area contributed by atoms with Gasteiger partial charge in [-0.05, 0) is 38.7 Å². The third kappa shape index (κ3) is 4.82. The highest BCUT2D eigenvalue weighted by Gasteiger charge is 2.39. The van der Waals surface area contributed by atoms with Gasteiger partial charge in [-0.3, -0.25) is 9.59 Å². The van der Waals surface area contributed by atoms with E-state index in [1.807, 2.05) is 30.3 Å². The fraction of sp³-hybridized carbons (Fsp3) is 0.600. The summed E-state index contributed by atoms with van der Waals surface area (Å²) in [6.45, 7) is 4.35. The minimum absolute atomic E-state index is 0.00717. The highest BCUT2D eigenvalue weighted by Crippen LogP contribution is 2.32. The number of cyclic esters (lactones) is 1. The lowest BCUT2D eigenvalue weighted by Gasteiger charge is -2.30. The maximum atomic E-state index is 12.2. The number of ether oxygens (including phenoxy) is 3. The van der Waals surface area contributed by atoms with E-state index in [9.17, 15) is 9.59 Å². The molecule has 0 bridgehead atoms. The molecule has 0 N–H and O–H groups in total. The molecule has 5 heteroatoms. The molecule has 1 aromatic carbocycles. The molecule has 136 valence electrons. The number of esters is 2. The van der Waals surface area contributed by atoms with Gasteiger partial charge in [-0.2, -0.15) is 0 Å². The Morgan fingerprint density at radius 2 is 1.88 bits per heavy atom. The van der Waals surface area contributed by atoms with Crippen LogP contribution in [0.4, 0.5) is 0 Å². The van der Waals surface area contributed by atoms with Crippen LogP contribution in [-0.4, -0.2) is 37.4 Å². The molecule has 1 aliphatic carbocycles. The summed E-state index contributed by atoms with van der Waals surface area (Å²) in [7, 11) is 0. The quantitative estimate of drug-likeness (QED) is 0.785. The van der Waals surface area contributed by atoms with Gasteiger partial charge in [0.05, 0.1) is 25.0 Å². The van der Waals surface area contributed by atoms with Crippen molar-refractivity contribution in [1.29, 1.82) is 0 Å². The van der Waals surface area contributed by atoms with Crippen molar-refractivity contribution in [1.82, 2.24) is 0 Å². The van der Waals surface area contributed by atoms with E-state index in [1.165, 1.54) is 0 Å². The molecule has 4 atom stereocenters. The van der Waals surface area contributed by atoms with Crippen molar-refractivity contribution in [2.24, 2.45) is 17.8 Å². The van der Waals surface area contributed by atoms with E-state index < -0.39 is 12.2 Å². The molecule has 1 aliphatic heterocycles. The molecule has 1 saturated carbocycles. The van der Waals surface area contributed by atoms with Gasteiger partial charge in [0.2, 0.25) is 0 Å². The van der Waals surface area contributed by atoms with Crippen molar-refractivity contribution in [3.63, 3.8) is 0 Å². The van der Waals surface area contributed by atoms with Crippen LogP contribution in [0.5, 0.6) is 0 Å². The maximum absolute atomic E-state index is 12.2. The largest absolute Gasteiger partial charge is 0.458 e. The second-order valence-electron chi connectivity index (χ2n) is 7.21. The van der Waals surface area contributed by atoms with Crippen molar-refractivity contribution >= 4 is 11.9 Å². The molecule has 0 radical (unpaired) electrons. The Morgan fingerprint density at radius 1 is 1.16 bits per heavy atom. The van der Waals surface area contributed by atoms with Crippen LogP contribution in [-0.2, 0) is 30.2 Å². The zero-order valence-electron chi connectivity index (χ0n) is 14.9. The minimum atomic E-state index is -0.498. The zero-order valence-corrected chi connectivity index (χ0v) is 14.9. The number of hydrogen-bond acceptors (Lipinski definition) is 5. The van der Waals surface area contributed by atoms with Crippen LogP contribution in [0.15, 0.2) is 30.3 Å². The molecule has 1 aromatic rings. The summed E-state index contributed by atoms with van der Waals surface area (Å²) in [6.07, 6.45) is 1.49. The second-order valence-corrected chi connectivity index (χ2v) is 7.21. The average Bonchev–Trinajstić information content (AvgIpc) is 3.43. The Hall–Kier alpha value is -1.88. The molecule has 0 spiro atoms. The van der Waals surface area contributed by atoms with Crippen LogP contribution < -0.4 is 0 Å². The van der Waals surface area contributed by atoms with Crippen molar-refractivity contribution in [3.05, 3.63) is 35.9 Å².